The Morgan fingerprint density at radius 3 is 2.61 bits per heavy atom. The number of rotatable bonds is 3. The van der Waals surface area contributed by atoms with Crippen molar-refractivity contribution < 1.29 is 17.5 Å². The summed E-state index contributed by atoms with van der Waals surface area (Å²) < 4.78 is 46.2. The van der Waals surface area contributed by atoms with E-state index in [2.05, 4.69) is 20.7 Å². The molecule has 1 aromatic carbocycles. The highest BCUT2D eigenvalue weighted by Gasteiger charge is 2.24. The summed E-state index contributed by atoms with van der Waals surface area (Å²) >= 11 is 3.01. The van der Waals surface area contributed by atoms with Crippen LogP contribution in [-0.2, 0) is 14.9 Å². The Morgan fingerprint density at radius 2 is 2.00 bits per heavy atom. The maximum atomic E-state index is 13.3. The van der Waals surface area contributed by atoms with Gasteiger partial charge in [0, 0.05) is 13.1 Å². The van der Waals surface area contributed by atoms with Gasteiger partial charge >= 0.3 is 10.2 Å². The Hall–Kier alpha value is -0.700. The average Bonchev–Trinajstić information content (AvgIpc) is 2.35. The minimum atomic E-state index is -3.64. The third-order valence-corrected chi connectivity index (χ3v) is 4.66. The third-order valence-electron chi connectivity index (χ3n) is 2.48. The van der Waals surface area contributed by atoms with Gasteiger partial charge in [-0.3, -0.25) is 4.72 Å². The van der Waals surface area contributed by atoms with Crippen molar-refractivity contribution >= 4 is 31.8 Å². The first kappa shape index (κ1) is 13.7. The lowest BCUT2D eigenvalue weighted by molar-refractivity contribution is 0.0733. The van der Waals surface area contributed by atoms with Crippen LogP contribution in [0.25, 0.3) is 0 Å². The minimum Gasteiger partial charge on any atom is -0.379 e. The summed E-state index contributed by atoms with van der Waals surface area (Å²) in [4.78, 5) is 0. The summed E-state index contributed by atoms with van der Waals surface area (Å²) in [6, 6.07) is 4.07. The van der Waals surface area contributed by atoms with Gasteiger partial charge < -0.3 is 4.74 Å². The van der Waals surface area contributed by atoms with Crippen molar-refractivity contribution in [3.8, 4) is 0 Å². The molecule has 18 heavy (non-hydrogen) atoms. The number of hydrogen-bond acceptors (Lipinski definition) is 3. The Kier molecular flexibility index (Phi) is 4.21. The van der Waals surface area contributed by atoms with Gasteiger partial charge in [0.15, 0.2) is 0 Å². The fourth-order valence-corrected chi connectivity index (χ4v) is 2.99. The fraction of sp³-hybridized carbons (Fsp3) is 0.400. The van der Waals surface area contributed by atoms with Crippen LogP contribution < -0.4 is 4.72 Å². The van der Waals surface area contributed by atoms with Crippen LogP contribution >= 0.6 is 15.9 Å². The highest BCUT2D eigenvalue weighted by atomic mass is 79.9. The molecule has 0 aliphatic carbocycles. The summed E-state index contributed by atoms with van der Waals surface area (Å²) in [5, 5.41) is 0. The van der Waals surface area contributed by atoms with Crippen molar-refractivity contribution in [1.29, 1.82) is 0 Å². The molecular formula is C10H12BrFN2O3S. The van der Waals surface area contributed by atoms with Crippen molar-refractivity contribution in [2.45, 2.75) is 0 Å². The van der Waals surface area contributed by atoms with Gasteiger partial charge in [-0.15, -0.1) is 0 Å². The molecule has 1 heterocycles. The lowest BCUT2D eigenvalue weighted by Crippen LogP contribution is -2.43. The molecule has 0 spiro atoms. The largest absolute Gasteiger partial charge is 0.379 e. The second kappa shape index (κ2) is 5.52. The van der Waals surface area contributed by atoms with Crippen LogP contribution in [0.3, 0.4) is 0 Å². The van der Waals surface area contributed by atoms with E-state index in [1.807, 2.05) is 0 Å². The van der Waals surface area contributed by atoms with Crippen LogP contribution in [0.2, 0.25) is 0 Å². The van der Waals surface area contributed by atoms with E-state index >= 15 is 0 Å². The molecule has 1 aliphatic heterocycles. The van der Waals surface area contributed by atoms with Crippen molar-refractivity contribution in [3.63, 3.8) is 0 Å². The number of halogens is 2. The average molecular weight is 339 g/mol. The lowest BCUT2D eigenvalue weighted by atomic mass is 10.3. The van der Waals surface area contributed by atoms with E-state index in [0.29, 0.717) is 26.3 Å². The highest BCUT2D eigenvalue weighted by Crippen LogP contribution is 2.20. The van der Waals surface area contributed by atoms with E-state index in [4.69, 9.17) is 4.74 Å². The monoisotopic (exact) mass is 338 g/mol. The molecule has 0 aromatic heterocycles. The van der Waals surface area contributed by atoms with Crippen LogP contribution in [-0.4, -0.2) is 39.0 Å². The van der Waals surface area contributed by atoms with Gasteiger partial charge in [-0.25, -0.2) is 4.39 Å². The Balaban J connectivity index is 2.13. The third kappa shape index (κ3) is 3.19. The molecule has 8 heteroatoms. The predicted octanol–water partition coefficient (Wildman–Crippen LogP) is 1.58. The van der Waals surface area contributed by atoms with Gasteiger partial charge in [-0.1, -0.05) is 0 Å². The lowest BCUT2D eigenvalue weighted by Gasteiger charge is -2.26. The van der Waals surface area contributed by atoms with E-state index in [-0.39, 0.29) is 10.2 Å². The molecule has 1 aliphatic rings. The predicted molar refractivity (Wildman–Crippen MR) is 69.0 cm³/mol. The second-order valence-corrected chi connectivity index (χ2v) is 6.27. The topological polar surface area (TPSA) is 58.6 Å². The van der Waals surface area contributed by atoms with Crippen LogP contribution in [0, 0.1) is 5.82 Å². The number of anilines is 1. The maximum Gasteiger partial charge on any atom is 0.301 e. The molecular weight excluding hydrogens is 327 g/mol. The molecule has 0 radical (unpaired) electrons. The quantitative estimate of drug-likeness (QED) is 0.910. The molecule has 1 N–H and O–H groups in total. The molecule has 2 rings (SSSR count). The van der Waals surface area contributed by atoms with Crippen molar-refractivity contribution in [3.05, 3.63) is 28.5 Å². The first-order valence-electron chi connectivity index (χ1n) is 5.30. The van der Waals surface area contributed by atoms with Crippen LogP contribution in [0.5, 0.6) is 0 Å². The molecule has 0 atom stereocenters. The van der Waals surface area contributed by atoms with Crippen molar-refractivity contribution in [2.75, 3.05) is 31.0 Å². The fourth-order valence-electron chi connectivity index (χ4n) is 1.56. The molecule has 1 aromatic rings. The SMILES string of the molecule is O=S(=O)(Nc1ccc(Br)c(F)c1)N1CCOCC1. The van der Waals surface area contributed by atoms with Gasteiger partial charge in [0.2, 0.25) is 0 Å². The molecule has 0 amide bonds. The first-order valence-corrected chi connectivity index (χ1v) is 7.53. The summed E-state index contributed by atoms with van der Waals surface area (Å²) in [7, 11) is -3.64. The highest BCUT2D eigenvalue weighted by molar-refractivity contribution is 9.10. The molecule has 0 bridgehead atoms. The zero-order valence-corrected chi connectivity index (χ0v) is 11.8. The van der Waals surface area contributed by atoms with Gasteiger partial charge in [-0.05, 0) is 34.1 Å². The van der Waals surface area contributed by atoms with E-state index in [9.17, 15) is 12.8 Å². The summed E-state index contributed by atoms with van der Waals surface area (Å²) in [6.45, 7) is 1.34. The Bertz CT molecular complexity index is 532. The van der Waals surface area contributed by atoms with E-state index in [0.717, 1.165) is 6.07 Å². The Morgan fingerprint density at radius 1 is 1.33 bits per heavy atom. The van der Waals surface area contributed by atoms with Crippen molar-refractivity contribution in [1.82, 2.24) is 4.31 Å². The van der Waals surface area contributed by atoms with E-state index in [1.54, 1.807) is 0 Å². The number of ether oxygens (including phenoxy) is 1. The maximum absolute atomic E-state index is 13.3. The number of morpholine rings is 1. The molecule has 1 fully saturated rings. The Labute approximate surface area is 113 Å². The summed E-state index contributed by atoms with van der Waals surface area (Å²) in [5.41, 5.74) is 0.196. The van der Waals surface area contributed by atoms with Crippen LogP contribution in [0.4, 0.5) is 10.1 Å². The van der Waals surface area contributed by atoms with Gasteiger partial charge in [0.1, 0.15) is 5.82 Å². The summed E-state index contributed by atoms with van der Waals surface area (Å²) in [6.07, 6.45) is 0. The first-order chi connectivity index (χ1) is 8.49. The van der Waals surface area contributed by atoms with Crippen molar-refractivity contribution in [2.24, 2.45) is 0 Å². The second-order valence-electron chi connectivity index (χ2n) is 3.75. The van der Waals surface area contributed by atoms with Crippen LogP contribution in [0.15, 0.2) is 22.7 Å². The normalized spacial score (nSPS) is 17.7. The van der Waals surface area contributed by atoms with Gasteiger partial charge in [0.05, 0.1) is 23.4 Å². The molecule has 100 valence electrons. The molecule has 5 nitrogen and oxygen atoms in total. The minimum absolute atomic E-state index is 0.196. The number of nitrogens with one attached hydrogen (secondary N) is 1. The molecule has 0 unspecified atom stereocenters. The zero-order valence-electron chi connectivity index (χ0n) is 9.40. The molecule has 0 saturated carbocycles. The number of hydrogen-bond donors (Lipinski definition) is 1. The zero-order chi connectivity index (χ0) is 13.2. The summed E-state index contributed by atoms with van der Waals surface area (Å²) in [5.74, 6) is -0.517. The number of benzene rings is 1. The molecule has 1 saturated heterocycles. The van der Waals surface area contributed by atoms with Crippen LogP contribution in [0.1, 0.15) is 0 Å². The standard InChI is InChI=1S/C10H12BrFN2O3S/c11-9-2-1-8(7-10(9)12)13-18(15,16)14-3-5-17-6-4-14/h1-2,7,13H,3-6H2. The smallest absolute Gasteiger partial charge is 0.301 e. The number of nitrogens with zero attached hydrogens (tertiary/aromatic N) is 1. The van der Waals surface area contributed by atoms with Gasteiger partial charge in [0.25, 0.3) is 0 Å². The van der Waals surface area contributed by atoms with E-state index in [1.165, 1.54) is 16.4 Å². The van der Waals surface area contributed by atoms with Gasteiger partial charge in [-0.2, -0.15) is 12.7 Å². The van der Waals surface area contributed by atoms with E-state index < -0.39 is 16.0 Å².